The van der Waals surface area contributed by atoms with Crippen molar-refractivity contribution in [1.82, 2.24) is 4.98 Å². The maximum Gasteiger partial charge on any atom is 0.417 e. The lowest BCUT2D eigenvalue weighted by atomic mass is 9.95. The van der Waals surface area contributed by atoms with Crippen LogP contribution in [0.1, 0.15) is 32.1 Å². The van der Waals surface area contributed by atoms with Gasteiger partial charge in [0.25, 0.3) is 0 Å². The molecule has 4 N–H and O–H groups in total. The maximum atomic E-state index is 11.1. The smallest absolute Gasteiger partial charge is 0.408 e. The Morgan fingerprint density at radius 1 is 1.28 bits per heavy atom. The van der Waals surface area contributed by atoms with Gasteiger partial charge >= 0.3 is 5.76 Å². The second-order valence-corrected chi connectivity index (χ2v) is 4.93. The van der Waals surface area contributed by atoms with Crippen LogP contribution in [0.5, 0.6) is 0 Å². The van der Waals surface area contributed by atoms with Crippen LogP contribution in [-0.2, 0) is 0 Å². The molecule has 96 valence electrons. The summed E-state index contributed by atoms with van der Waals surface area (Å²) in [6.07, 6.45) is 6.21. The summed E-state index contributed by atoms with van der Waals surface area (Å²) in [5, 5.41) is 3.46. The Morgan fingerprint density at radius 3 is 2.83 bits per heavy atom. The molecule has 0 amide bonds. The van der Waals surface area contributed by atoms with Crippen molar-refractivity contribution in [2.45, 2.75) is 38.1 Å². The molecule has 0 aliphatic heterocycles. The predicted molar refractivity (Wildman–Crippen MR) is 71.7 cm³/mol. The number of benzene rings is 1. The molecular weight excluding hydrogens is 230 g/mol. The second kappa shape index (κ2) is 4.40. The predicted octanol–water partition coefficient (Wildman–Crippen LogP) is 2.45. The largest absolute Gasteiger partial charge is 0.417 e. The fourth-order valence-corrected chi connectivity index (χ4v) is 2.60. The average Bonchev–Trinajstić information content (AvgIpc) is 2.70. The first kappa shape index (κ1) is 11.2. The normalized spacial score (nSPS) is 17.1. The fourth-order valence-electron chi connectivity index (χ4n) is 2.60. The fraction of sp³-hybridized carbons (Fsp3) is 0.462. The van der Waals surface area contributed by atoms with E-state index in [0.717, 1.165) is 5.69 Å². The van der Waals surface area contributed by atoms with Gasteiger partial charge in [-0.25, -0.2) is 4.79 Å². The number of aromatic amines is 1. The van der Waals surface area contributed by atoms with Crippen LogP contribution < -0.4 is 16.8 Å². The number of rotatable bonds is 2. The lowest BCUT2D eigenvalue weighted by molar-refractivity contribution is 0.463. The summed E-state index contributed by atoms with van der Waals surface area (Å²) in [5.74, 6) is -0.445. The average molecular weight is 247 g/mol. The molecule has 1 saturated carbocycles. The molecular formula is C13H17N3O2. The monoisotopic (exact) mass is 247 g/mol. The number of H-pyrrole nitrogens is 1. The quantitative estimate of drug-likeness (QED) is 0.712. The molecule has 2 aromatic rings. The number of hydrogen-bond acceptors (Lipinski definition) is 4. The lowest BCUT2D eigenvalue weighted by Gasteiger charge is -2.24. The Morgan fingerprint density at radius 2 is 2.06 bits per heavy atom. The Labute approximate surface area is 104 Å². The molecule has 1 aromatic carbocycles. The SMILES string of the molecule is Nc1cc2oc(=O)[nH]c2cc1NC1CCCCC1. The van der Waals surface area contributed by atoms with E-state index in [2.05, 4.69) is 10.3 Å². The molecule has 0 bridgehead atoms. The summed E-state index contributed by atoms with van der Waals surface area (Å²) >= 11 is 0. The van der Waals surface area contributed by atoms with Gasteiger partial charge in [0.2, 0.25) is 0 Å². The molecule has 5 nitrogen and oxygen atoms in total. The summed E-state index contributed by atoms with van der Waals surface area (Å²) in [4.78, 5) is 13.8. The van der Waals surface area contributed by atoms with Crippen LogP contribution in [0.4, 0.5) is 11.4 Å². The van der Waals surface area contributed by atoms with Crippen molar-refractivity contribution in [3.8, 4) is 0 Å². The maximum absolute atomic E-state index is 11.1. The third kappa shape index (κ3) is 2.08. The third-order valence-electron chi connectivity index (χ3n) is 3.56. The van der Waals surface area contributed by atoms with Crippen LogP contribution in [0.2, 0.25) is 0 Å². The first-order valence-electron chi connectivity index (χ1n) is 6.41. The topological polar surface area (TPSA) is 84.0 Å². The van der Waals surface area contributed by atoms with Gasteiger partial charge in [-0.1, -0.05) is 19.3 Å². The van der Waals surface area contributed by atoms with Gasteiger partial charge in [0.15, 0.2) is 5.58 Å². The number of aromatic nitrogens is 1. The highest BCUT2D eigenvalue weighted by atomic mass is 16.4. The molecule has 0 saturated heterocycles. The molecule has 1 aromatic heterocycles. The highest BCUT2D eigenvalue weighted by Gasteiger charge is 2.15. The van der Waals surface area contributed by atoms with E-state index in [9.17, 15) is 4.79 Å². The Balaban J connectivity index is 1.90. The molecule has 0 atom stereocenters. The first-order chi connectivity index (χ1) is 8.72. The minimum absolute atomic E-state index is 0.445. The summed E-state index contributed by atoms with van der Waals surface area (Å²) in [6.45, 7) is 0. The number of nitrogen functional groups attached to an aromatic ring is 1. The Bertz CT molecular complexity index is 608. The molecule has 18 heavy (non-hydrogen) atoms. The van der Waals surface area contributed by atoms with Gasteiger partial charge in [-0.05, 0) is 18.9 Å². The minimum atomic E-state index is -0.445. The molecule has 3 rings (SSSR count). The third-order valence-corrected chi connectivity index (χ3v) is 3.56. The van der Waals surface area contributed by atoms with E-state index in [-0.39, 0.29) is 0 Å². The number of oxazole rings is 1. The lowest BCUT2D eigenvalue weighted by Crippen LogP contribution is -2.22. The molecule has 0 spiro atoms. The van der Waals surface area contributed by atoms with Crippen LogP contribution in [0.25, 0.3) is 11.1 Å². The number of nitrogens with one attached hydrogen (secondary N) is 2. The molecule has 0 radical (unpaired) electrons. The van der Waals surface area contributed by atoms with E-state index in [1.807, 2.05) is 6.07 Å². The van der Waals surface area contributed by atoms with Crippen molar-refractivity contribution in [1.29, 1.82) is 0 Å². The van der Waals surface area contributed by atoms with Gasteiger partial charge in [0.1, 0.15) is 0 Å². The number of anilines is 2. The van der Waals surface area contributed by atoms with Crippen molar-refractivity contribution in [3.05, 3.63) is 22.7 Å². The molecule has 1 heterocycles. The van der Waals surface area contributed by atoms with Crippen LogP contribution in [-0.4, -0.2) is 11.0 Å². The van der Waals surface area contributed by atoms with E-state index in [1.54, 1.807) is 6.07 Å². The molecule has 1 fully saturated rings. The van der Waals surface area contributed by atoms with Gasteiger partial charge in [-0.2, -0.15) is 0 Å². The first-order valence-corrected chi connectivity index (χ1v) is 6.41. The van der Waals surface area contributed by atoms with E-state index in [1.165, 1.54) is 32.1 Å². The van der Waals surface area contributed by atoms with Gasteiger partial charge in [-0.15, -0.1) is 0 Å². The zero-order valence-electron chi connectivity index (χ0n) is 10.2. The zero-order chi connectivity index (χ0) is 12.5. The Kier molecular flexibility index (Phi) is 2.74. The number of hydrogen-bond donors (Lipinski definition) is 3. The van der Waals surface area contributed by atoms with Crippen LogP contribution in [0.3, 0.4) is 0 Å². The van der Waals surface area contributed by atoms with Gasteiger partial charge in [0, 0.05) is 12.1 Å². The van der Waals surface area contributed by atoms with Crippen molar-refractivity contribution in [2.24, 2.45) is 0 Å². The van der Waals surface area contributed by atoms with Crippen molar-refractivity contribution in [2.75, 3.05) is 11.1 Å². The summed E-state index contributed by atoms with van der Waals surface area (Å²) in [5.41, 5.74) is 8.67. The van der Waals surface area contributed by atoms with Crippen molar-refractivity contribution >= 4 is 22.5 Å². The highest BCUT2D eigenvalue weighted by Crippen LogP contribution is 2.28. The molecule has 0 unspecified atom stereocenters. The molecule has 1 aliphatic carbocycles. The molecule has 5 heteroatoms. The highest BCUT2D eigenvalue weighted by molar-refractivity contribution is 5.85. The minimum Gasteiger partial charge on any atom is -0.408 e. The summed E-state index contributed by atoms with van der Waals surface area (Å²) in [6, 6.07) is 4.03. The number of nitrogens with two attached hydrogens (primary N) is 1. The van der Waals surface area contributed by atoms with Crippen LogP contribution >= 0.6 is 0 Å². The van der Waals surface area contributed by atoms with Crippen molar-refractivity contribution in [3.63, 3.8) is 0 Å². The van der Waals surface area contributed by atoms with Crippen LogP contribution in [0.15, 0.2) is 21.3 Å². The Hall–Kier alpha value is -1.91. The summed E-state index contributed by atoms with van der Waals surface area (Å²) in [7, 11) is 0. The van der Waals surface area contributed by atoms with E-state index < -0.39 is 5.76 Å². The van der Waals surface area contributed by atoms with E-state index in [0.29, 0.717) is 22.8 Å². The van der Waals surface area contributed by atoms with E-state index in [4.69, 9.17) is 10.2 Å². The summed E-state index contributed by atoms with van der Waals surface area (Å²) < 4.78 is 4.97. The second-order valence-electron chi connectivity index (χ2n) is 4.93. The number of fused-ring (bicyclic) bond motifs is 1. The van der Waals surface area contributed by atoms with Gasteiger partial charge in [-0.3, -0.25) is 4.98 Å². The zero-order valence-corrected chi connectivity index (χ0v) is 10.2. The standard InChI is InChI=1S/C13H17N3O2/c14-9-6-12-11(16-13(17)18-12)7-10(9)15-8-4-2-1-3-5-8/h6-8,15H,1-5,14H2,(H,16,17). The van der Waals surface area contributed by atoms with Gasteiger partial charge in [0.05, 0.1) is 16.9 Å². The van der Waals surface area contributed by atoms with Crippen LogP contribution in [0, 0.1) is 0 Å². The molecule has 1 aliphatic rings. The van der Waals surface area contributed by atoms with Gasteiger partial charge < -0.3 is 15.5 Å². The van der Waals surface area contributed by atoms with Crippen molar-refractivity contribution < 1.29 is 4.42 Å². The van der Waals surface area contributed by atoms with E-state index >= 15 is 0 Å².